The van der Waals surface area contributed by atoms with Crippen LogP contribution in [0.1, 0.15) is 23.1 Å². The van der Waals surface area contributed by atoms with Crippen molar-refractivity contribution in [2.75, 3.05) is 0 Å². The van der Waals surface area contributed by atoms with Crippen molar-refractivity contribution in [1.29, 1.82) is 0 Å². The summed E-state index contributed by atoms with van der Waals surface area (Å²) in [6, 6.07) is 3.98. The standard InChI is InChI=1S/C12H7ClF4N2O/c13-11-7(2-4-9(19-11)12(15,16)17)10(20)8-3-1-6(14)5-18-8/h1-5,10,20H. The van der Waals surface area contributed by atoms with E-state index >= 15 is 0 Å². The van der Waals surface area contributed by atoms with Crippen molar-refractivity contribution in [1.82, 2.24) is 9.97 Å². The van der Waals surface area contributed by atoms with Gasteiger partial charge in [-0.3, -0.25) is 4.98 Å². The Morgan fingerprint density at radius 1 is 1.15 bits per heavy atom. The number of aliphatic hydroxyl groups is 1. The smallest absolute Gasteiger partial charge is 0.382 e. The zero-order chi connectivity index (χ0) is 14.9. The topological polar surface area (TPSA) is 46.0 Å². The van der Waals surface area contributed by atoms with Gasteiger partial charge >= 0.3 is 6.18 Å². The summed E-state index contributed by atoms with van der Waals surface area (Å²) >= 11 is 5.64. The molecule has 106 valence electrons. The molecule has 0 amide bonds. The Hall–Kier alpha value is -1.73. The van der Waals surface area contributed by atoms with Crippen molar-refractivity contribution in [3.8, 4) is 0 Å². The van der Waals surface area contributed by atoms with Crippen LogP contribution in [0.2, 0.25) is 5.15 Å². The lowest BCUT2D eigenvalue weighted by Gasteiger charge is -2.13. The second-order valence-electron chi connectivity index (χ2n) is 3.88. The molecule has 8 heteroatoms. The fourth-order valence-electron chi connectivity index (χ4n) is 1.52. The van der Waals surface area contributed by atoms with Gasteiger partial charge in [0, 0.05) is 5.56 Å². The van der Waals surface area contributed by atoms with Gasteiger partial charge in [0.15, 0.2) is 0 Å². The summed E-state index contributed by atoms with van der Waals surface area (Å²) in [6.45, 7) is 0. The van der Waals surface area contributed by atoms with E-state index in [-0.39, 0.29) is 11.3 Å². The summed E-state index contributed by atoms with van der Waals surface area (Å²) in [5.74, 6) is -0.599. The van der Waals surface area contributed by atoms with E-state index in [4.69, 9.17) is 11.6 Å². The number of aliphatic hydroxyl groups excluding tert-OH is 1. The average Bonchev–Trinajstić information content (AvgIpc) is 2.37. The van der Waals surface area contributed by atoms with E-state index in [1.54, 1.807) is 0 Å². The predicted octanol–water partition coefficient (Wildman–Crippen LogP) is 3.37. The van der Waals surface area contributed by atoms with Gasteiger partial charge in [-0.25, -0.2) is 9.37 Å². The zero-order valence-corrected chi connectivity index (χ0v) is 10.5. The van der Waals surface area contributed by atoms with E-state index in [0.717, 1.165) is 18.3 Å². The molecule has 0 saturated carbocycles. The summed E-state index contributed by atoms with van der Waals surface area (Å²) in [5.41, 5.74) is -1.15. The summed E-state index contributed by atoms with van der Waals surface area (Å²) in [5, 5.41) is 9.48. The molecule has 2 rings (SSSR count). The molecule has 0 aromatic carbocycles. The minimum absolute atomic E-state index is 0.0428. The molecule has 0 bridgehead atoms. The molecule has 1 unspecified atom stereocenters. The number of nitrogens with zero attached hydrogens (tertiary/aromatic N) is 2. The van der Waals surface area contributed by atoms with Crippen LogP contribution >= 0.6 is 11.6 Å². The molecule has 0 aliphatic rings. The molecular weight excluding hydrogens is 300 g/mol. The Morgan fingerprint density at radius 2 is 1.85 bits per heavy atom. The highest BCUT2D eigenvalue weighted by Gasteiger charge is 2.33. The highest BCUT2D eigenvalue weighted by molar-refractivity contribution is 6.30. The lowest BCUT2D eigenvalue weighted by Crippen LogP contribution is -2.10. The maximum absolute atomic E-state index is 12.7. The van der Waals surface area contributed by atoms with Gasteiger partial charge in [-0.15, -0.1) is 0 Å². The number of hydrogen-bond donors (Lipinski definition) is 1. The van der Waals surface area contributed by atoms with Gasteiger partial charge in [0.2, 0.25) is 0 Å². The Balaban J connectivity index is 2.36. The SMILES string of the molecule is OC(c1ccc(F)cn1)c1ccc(C(F)(F)F)nc1Cl. The molecule has 1 N–H and O–H groups in total. The summed E-state index contributed by atoms with van der Waals surface area (Å²) in [4.78, 5) is 6.82. The largest absolute Gasteiger partial charge is 0.433 e. The third kappa shape index (κ3) is 3.05. The molecular formula is C12H7ClF4N2O. The number of rotatable bonds is 2. The van der Waals surface area contributed by atoms with Crippen LogP contribution in [0, 0.1) is 5.82 Å². The fourth-order valence-corrected chi connectivity index (χ4v) is 1.77. The highest BCUT2D eigenvalue weighted by atomic mass is 35.5. The molecule has 0 aliphatic heterocycles. The van der Waals surface area contributed by atoms with Crippen LogP contribution in [0.25, 0.3) is 0 Å². The van der Waals surface area contributed by atoms with Crippen LogP contribution in [0.5, 0.6) is 0 Å². The van der Waals surface area contributed by atoms with Crippen LogP contribution in [-0.2, 0) is 6.18 Å². The van der Waals surface area contributed by atoms with E-state index in [1.165, 1.54) is 6.07 Å². The third-order valence-electron chi connectivity index (χ3n) is 2.49. The summed E-state index contributed by atoms with van der Waals surface area (Å²) in [6.07, 6.45) is -5.14. The third-order valence-corrected chi connectivity index (χ3v) is 2.80. The predicted molar refractivity (Wildman–Crippen MR) is 62.5 cm³/mol. The Morgan fingerprint density at radius 3 is 2.35 bits per heavy atom. The summed E-state index contributed by atoms with van der Waals surface area (Å²) in [7, 11) is 0. The van der Waals surface area contributed by atoms with Gasteiger partial charge in [0.25, 0.3) is 0 Å². The monoisotopic (exact) mass is 306 g/mol. The second kappa shape index (κ2) is 5.34. The second-order valence-corrected chi connectivity index (χ2v) is 4.24. The molecule has 0 radical (unpaired) electrons. The zero-order valence-electron chi connectivity index (χ0n) is 9.70. The summed E-state index contributed by atoms with van der Waals surface area (Å²) < 4.78 is 50.0. The van der Waals surface area contributed by atoms with Crippen molar-refractivity contribution in [3.05, 3.63) is 58.4 Å². The van der Waals surface area contributed by atoms with Gasteiger partial charge in [0.05, 0.1) is 11.9 Å². The molecule has 2 aromatic heterocycles. The van der Waals surface area contributed by atoms with Crippen molar-refractivity contribution in [2.45, 2.75) is 12.3 Å². The van der Waals surface area contributed by atoms with Crippen molar-refractivity contribution >= 4 is 11.6 Å². The van der Waals surface area contributed by atoms with E-state index < -0.39 is 28.9 Å². The van der Waals surface area contributed by atoms with Gasteiger partial charge in [-0.05, 0) is 18.2 Å². The van der Waals surface area contributed by atoms with Crippen LogP contribution in [0.4, 0.5) is 17.6 Å². The lowest BCUT2D eigenvalue weighted by atomic mass is 10.1. The maximum atomic E-state index is 12.7. The number of hydrogen-bond acceptors (Lipinski definition) is 3. The molecule has 0 spiro atoms. The molecule has 1 atom stereocenters. The van der Waals surface area contributed by atoms with E-state index in [0.29, 0.717) is 6.07 Å². The Kier molecular flexibility index (Phi) is 3.92. The first-order valence-corrected chi connectivity index (χ1v) is 5.70. The number of halogens is 5. The highest BCUT2D eigenvalue weighted by Crippen LogP contribution is 2.32. The molecule has 3 nitrogen and oxygen atoms in total. The molecule has 20 heavy (non-hydrogen) atoms. The fraction of sp³-hybridized carbons (Fsp3) is 0.167. The van der Waals surface area contributed by atoms with Gasteiger partial charge in [-0.1, -0.05) is 17.7 Å². The lowest BCUT2D eigenvalue weighted by molar-refractivity contribution is -0.141. The Bertz CT molecular complexity index is 616. The number of aromatic nitrogens is 2. The Labute approximate surface area is 115 Å². The first kappa shape index (κ1) is 14.7. The minimum atomic E-state index is -4.62. The van der Waals surface area contributed by atoms with Crippen LogP contribution in [0.3, 0.4) is 0 Å². The molecule has 2 aromatic rings. The number of alkyl halides is 3. The molecule has 0 fully saturated rings. The van der Waals surface area contributed by atoms with E-state index in [2.05, 4.69) is 9.97 Å². The van der Waals surface area contributed by atoms with Crippen LogP contribution in [-0.4, -0.2) is 15.1 Å². The first-order valence-electron chi connectivity index (χ1n) is 5.32. The van der Waals surface area contributed by atoms with Crippen molar-refractivity contribution in [2.24, 2.45) is 0 Å². The van der Waals surface area contributed by atoms with E-state index in [1.807, 2.05) is 0 Å². The van der Waals surface area contributed by atoms with Gasteiger partial charge in [0.1, 0.15) is 22.8 Å². The normalized spacial score (nSPS) is 13.3. The van der Waals surface area contributed by atoms with E-state index in [9.17, 15) is 22.7 Å². The minimum Gasteiger partial charge on any atom is -0.382 e. The molecule has 0 aliphatic carbocycles. The molecule has 0 saturated heterocycles. The average molecular weight is 307 g/mol. The first-order chi connectivity index (χ1) is 9.29. The van der Waals surface area contributed by atoms with Gasteiger partial charge < -0.3 is 5.11 Å². The van der Waals surface area contributed by atoms with Crippen LogP contribution < -0.4 is 0 Å². The van der Waals surface area contributed by atoms with Gasteiger partial charge in [-0.2, -0.15) is 13.2 Å². The maximum Gasteiger partial charge on any atom is 0.433 e. The molecule has 2 heterocycles. The van der Waals surface area contributed by atoms with Crippen molar-refractivity contribution in [3.63, 3.8) is 0 Å². The van der Waals surface area contributed by atoms with Crippen LogP contribution in [0.15, 0.2) is 30.5 Å². The number of pyridine rings is 2. The van der Waals surface area contributed by atoms with Crippen molar-refractivity contribution < 1.29 is 22.7 Å². The quantitative estimate of drug-likeness (QED) is 0.683.